The maximum absolute atomic E-state index is 11.6. The van der Waals surface area contributed by atoms with Gasteiger partial charge in [0.05, 0.1) is 0 Å². The molecule has 1 unspecified atom stereocenters. The van der Waals surface area contributed by atoms with Crippen molar-refractivity contribution in [3.63, 3.8) is 0 Å². The summed E-state index contributed by atoms with van der Waals surface area (Å²) in [5.74, 6) is -1.56. The van der Waals surface area contributed by atoms with Crippen LogP contribution in [0.5, 0.6) is 0 Å². The summed E-state index contributed by atoms with van der Waals surface area (Å²) in [6, 6.07) is 7.40. The number of hydrogen-bond acceptors (Lipinski definition) is 4. The van der Waals surface area contributed by atoms with Gasteiger partial charge in [0.25, 0.3) is 0 Å². The second kappa shape index (κ2) is 12.6. The van der Waals surface area contributed by atoms with Crippen molar-refractivity contribution in [1.29, 1.82) is 0 Å². The van der Waals surface area contributed by atoms with E-state index in [4.69, 9.17) is 10.8 Å². The average Bonchev–Trinajstić information content (AvgIpc) is 2.64. The Morgan fingerprint density at radius 1 is 1.07 bits per heavy atom. The number of rotatable bonds is 15. The van der Waals surface area contributed by atoms with Crippen LogP contribution in [-0.4, -0.2) is 36.2 Å². The van der Waals surface area contributed by atoms with Crippen molar-refractivity contribution >= 4 is 30.3 Å². The van der Waals surface area contributed by atoms with Gasteiger partial charge in [0.15, 0.2) is 0 Å². The van der Waals surface area contributed by atoms with Crippen LogP contribution in [0, 0.1) is 5.92 Å². The number of aldehydes is 1. The van der Waals surface area contributed by atoms with Gasteiger partial charge in [-0.25, -0.2) is 0 Å². The predicted molar refractivity (Wildman–Crippen MR) is 102 cm³/mol. The van der Waals surface area contributed by atoms with Gasteiger partial charge in [0.1, 0.15) is 6.29 Å². The number of aliphatic carboxylic acids is 1. The van der Waals surface area contributed by atoms with E-state index in [9.17, 15) is 19.2 Å². The number of benzene rings is 1. The monoisotopic (exact) mass is 376 g/mol. The molecule has 0 aliphatic rings. The first-order valence-electron chi connectivity index (χ1n) is 9.23. The highest BCUT2D eigenvalue weighted by Gasteiger charge is 2.15. The molecule has 0 heterocycles. The molecule has 0 bridgehead atoms. The first-order chi connectivity index (χ1) is 13.0. The number of nitrogens with two attached hydrogens (primary N) is 1. The fraction of sp³-hybridized carbons (Fsp3) is 0.500. The summed E-state index contributed by atoms with van der Waals surface area (Å²) in [6.07, 6.45) is 5.80. The van der Waals surface area contributed by atoms with Crippen LogP contribution in [0.1, 0.15) is 50.5 Å². The van der Waals surface area contributed by atoms with Gasteiger partial charge in [-0.3, -0.25) is 14.4 Å². The van der Waals surface area contributed by atoms with Gasteiger partial charge in [-0.05, 0) is 37.3 Å². The van der Waals surface area contributed by atoms with Gasteiger partial charge >= 0.3 is 5.97 Å². The van der Waals surface area contributed by atoms with E-state index in [1.54, 1.807) is 4.90 Å². The van der Waals surface area contributed by atoms with Crippen LogP contribution in [0.2, 0.25) is 0 Å². The molecule has 1 rings (SSSR count). The number of carbonyl (C=O) groups is 4. The molecular weight excluding hydrogens is 348 g/mol. The summed E-state index contributed by atoms with van der Waals surface area (Å²) in [4.78, 5) is 45.9. The van der Waals surface area contributed by atoms with Gasteiger partial charge in [0, 0.05) is 31.0 Å². The molecule has 7 heteroatoms. The number of para-hydroxylation sites is 1. The van der Waals surface area contributed by atoms with Crippen molar-refractivity contribution in [3.05, 3.63) is 29.8 Å². The molecule has 0 aliphatic carbocycles. The number of carbonyl (C=O) groups excluding carboxylic acids is 3. The molecule has 1 aromatic rings. The molecule has 7 nitrogen and oxygen atoms in total. The maximum atomic E-state index is 11.6. The van der Waals surface area contributed by atoms with E-state index in [0.29, 0.717) is 25.8 Å². The third kappa shape index (κ3) is 8.99. The van der Waals surface area contributed by atoms with Gasteiger partial charge in [-0.1, -0.05) is 31.0 Å². The molecule has 0 saturated heterocycles. The lowest BCUT2D eigenvalue weighted by atomic mass is 9.94. The Kier molecular flexibility index (Phi) is 10.4. The van der Waals surface area contributed by atoms with Crippen molar-refractivity contribution in [1.82, 2.24) is 0 Å². The molecule has 0 aliphatic heterocycles. The van der Waals surface area contributed by atoms with Crippen molar-refractivity contribution in [2.45, 2.75) is 51.4 Å². The first-order valence-corrected chi connectivity index (χ1v) is 9.23. The highest BCUT2D eigenvalue weighted by atomic mass is 16.4. The highest BCUT2D eigenvalue weighted by Crippen LogP contribution is 2.24. The molecular formula is C20H28N2O5. The van der Waals surface area contributed by atoms with Crippen LogP contribution in [-0.2, 0) is 25.6 Å². The SMILES string of the molecule is NC(=O)CCC(C=O)Cc1ccccc1N(C=O)CCCCCCC(=O)O. The van der Waals surface area contributed by atoms with Crippen molar-refractivity contribution in [2.75, 3.05) is 11.4 Å². The fourth-order valence-corrected chi connectivity index (χ4v) is 2.93. The number of nitrogens with zero attached hydrogens (tertiary/aromatic N) is 1. The normalized spacial score (nSPS) is 11.6. The summed E-state index contributed by atoms with van der Waals surface area (Å²) >= 11 is 0. The largest absolute Gasteiger partial charge is 0.481 e. The van der Waals surface area contributed by atoms with Crippen LogP contribution in [0.4, 0.5) is 5.69 Å². The molecule has 0 fully saturated rings. The number of anilines is 1. The first kappa shape index (κ1) is 22.3. The predicted octanol–water partition coefficient (Wildman–Crippen LogP) is 2.31. The number of unbranched alkanes of at least 4 members (excludes halogenated alkanes) is 3. The third-order valence-corrected chi connectivity index (χ3v) is 4.40. The summed E-state index contributed by atoms with van der Waals surface area (Å²) in [6.45, 7) is 0.528. The van der Waals surface area contributed by atoms with Crippen LogP contribution in [0.15, 0.2) is 24.3 Å². The van der Waals surface area contributed by atoms with E-state index in [-0.39, 0.29) is 18.8 Å². The number of carboxylic acid groups (broad SMARTS) is 1. The smallest absolute Gasteiger partial charge is 0.303 e. The molecule has 2 amide bonds. The summed E-state index contributed by atoms with van der Waals surface area (Å²) in [5, 5.41) is 8.63. The Morgan fingerprint density at radius 3 is 2.41 bits per heavy atom. The number of hydrogen-bond donors (Lipinski definition) is 2. The Balaban J connectivity index is 2.65. The Bertz CT molecular complexity index is 633. The van der Waals surface area contributed by atoms with Crippen LogP contribution < -0.4 is 10.6 Å². The standard InChI is InChI=1S/C20H28N2O5/c21-19(25)11-10-16(14-23)13-17-7-4-5-8-18(17)22(15-24)12-6-2-1-3-9-20(26)27/h4-5,7-8,14-16H,1-3,6,9-13H2,(H2,21,25)(H,26,27). The number of primary amides is 1. The minimum Gasteiger partial charge on any atom is -0.481 e. The van der Waals surface area contributed by atoms with Crippen molar-refractivity contribution < 1.29 is 24.3 Å². The lowest BCUT2D eigenvalue weighted by Crippen LogP contribution is -2.24. The van der Waals surface area contributed by atoms with E-state index >= 15 is 0 Å². The Hall–Kier alpha value is -2.70. The zero-order valence-corrected chi connectivity index (χ0v) is 15.5. The molecule has 1 aromatic carbocycles. The average molecular weight is 376 g/mol. The molecule has 0 saturated carbocycles. The Labute approximate surface area is 159 Å². The minimum absolute atomic E-state index is 0.152. The third-order valence-electron chi connectivity index (χ3n) is 4.40. The van der Waals surface area contributed by atoms with Crippen LogP contribution in [0.3, 0.4) is 0 Å². The van der Waals surface area contributed by atoms with E-state index in [1.165, 1.54) is 0 Å². The zero-order valence-electron chi connectivity index (χ0n) is 15.5. The summed E-state index contributed by atoms with van der Waals surface area (Å²) in [7, 11) is 0. The van der Waals surface area contributed by atoms with E-state index < -0.39 is 11.9 Å². The number of carboxylic acids is 1. The molecule has 1 atom stereocenters. The van der Waals surface area contributed by atoms with Gasteiger partial charge in [0.2, 0.25) is 12.3 Å². The van der Waals surface area contributed by atoms with E-state index in [2.05, 4.69) is 0 Å². The summed E-state index contributed by atoms with van der Waals surface area (Å²) < 4.78 is 0. The molecule has 27 heavy (non-hydrogen) atoms. The lowest BCUT2D eigenvalue weighted by molar-refractivity contribution is -0.137. The number of amides is 2. The highest BCUT2D eigenvalue weighted by molar-refractivity contribution is 5.77. The molecule has 3 N–H and O–H groups in total. The lowest BCUT2D eigenvalue weighted by Gasteiger charge is -2.22. The molecule has 148 valence electrons. The van der Waals surface area contributed by atoms with Gasteiger partial charge in [-0.2, -0.15) is 0 Å². The second-order valence-electron chi connectivity index (χ2n) is 6.59. The fourth-order valence-electron chi connectivity index (χ4n) is 2.93. The topological polar surface area (TPSA) is 118 Å². The van der Waals surface area contributed by atoms with Gasteiger partial charge in [-0.15, -0.1) is 0 Å². The van der Waals surface area contributed by atoms with Crippen LogP contribution in [0.25, 0.3) is 0 Å². The van der Waals surface area contributed by atoms with E-state index in [1.807, 2.05) is 24.3 Å². The molecule has 0 spiro atoms. The molecule has 0 radical (unpaired) electrons. The maximum Gasteiger partial charge on any atom is 0.303 e. The quantitative estimate of drug-likeness (QED) is 0.360. The van der Waals surface area contributed by atoms with E-state index in [0.717, 1.165) is 43.2 Å². The zero-order chi connectivity index (χ0) is 20.1. The van der Waals surface area contributed by atoms with Gasteiger partial charge < -0.3 is 20.5 Å². The summed E-state index contributed by atoms with van der Waals surface area (Å²) in [5.41, 5.74) is 6.78. The van der Waals surface area contributed by atoms with Crippen LogP contribution >= 0.6 is 0 Å². The molecule has 0 aromatic heterocycles. The van der Waals surface area contributed by atoms with Crippen molar-refractivity contribution in [3.8, 4) is 0 Å². The van der Waals surface area contributed by atoms with Crippen molar-refractivity contribution in [2.24, 2.45) is 11.7 Å². The second-order valence-corrected chi connectivity index (χ2v) is 6.59. The Morgan fingerprint density at radius 2 is 1.78 bits per heavy atom. The minimum atomic E-state index is -0.792.